The first-order valence-corrected chi connectivity index (χ1v) is 8.39. The molecule has 1 aliphatic carbocycles. The standard InChI is InChI=1S/C18H21FN2O3/c1-2-6-15-20-16(24-21-15)12-23-17(22)18(9-3-4-10-18)13-7-5-8-14(19)11-13/h5,7-8,11H,2-4,6,9-10,12H2,1H3. The van der Waals surface area contributed by atoms with Crippen LogP contribution < -0.4 is 0 Å². The first kappa shape index (κ1) is 16.6. The van der Waals surface area contributed by atoms with Crippen molar-refractivity contribution >= 4 is 5.97 Å². The fraction of sp³-hybridized carbons (Fsp3) is 0.500. The Balaban J connectivity index is 1.73. The van der Waals surface area contributed by atoms with Crippen LogP contribution in [-0.4, -0.2) is 16.1 Å². The molecule has 0 N–H and O–H groups in total. The molecule has 6 heteroatoms. The summed E-state index contributed by atoms with van der Waals surface area (Å²) in [5.74, 6) is 0.219. The van der Waals surface area contributed by atoms with Crippen molar-refractivity contribution in [3.05, 3.63) is 47.4 Å². The van der Waals surface area contributed by atoms with Gasteiger partial charge in [0.25, 0.3) is 5.89 Å². The smallest absolute Gasteiger partial charge is 0.317 e. The summed E-state index contributed by atoms with van der Waals surface area (Å²) in [6.07, 6.45) is 4.83. The number of esters is 1. The Labute approximate surface area is 140 Å². The van der Waals surface area contributed by atoms with E-state index in [9.17, 15) is 9.18 Å². The van der Waals surface area contributed by atoms with Crippen LogP contribution in [0.1, 0.15) is 56.3 Å². The third-order valence-corrected chi connectivity index (χ3v) is 4.54. The average Bonchev–Trinajstić information content (AvgIpc) is 3.23. The molecule has 5 nitrogen and oxygen atoms in total. The van der Waals surface area contributed by atoms with Crippen LogP contribution in [0.4, 0.5) is 4.39 Å². The van der Waals surface area contributed by atoms with Gasteiger partial charge in [-0.3, -0.25) is 4.79 Å². The van der Waals surface area contributed by atoms with Gasteiger partial charge in [0.05, 0.1) is 5.41 Å². The summed E-state index contributed by atoms with van der Waals surface area (Å²) in [5, 5.41) is 3.84. The number of hydrogen-bond acceptors (Lipinski definition) is 5. The highest BCUT2D eigenvalue weighted by Gasteiger charge is 2.44. The Morgan fingerprint density at radius 3 is 2.88 bits per heavy atom. The summed E-state index contributed by atoms with van der Waals surface area (Å²) < 4.78 is 24.1. The summed E-state index contributed by atoms with van der Waals surface area (Å²) in [4.78, 5) is 16.9. The highest BCUT2D eigenvalue weighted by molar-refractivity contribution is 5.83. The van der Waals surface area contributed by atoms with Crippen LogP contribution in [0.25, 0.3) is 0 Å². The van der Waals surface area contributed by atoms with Gasteiger partial charge in [0.2, 0.25) is 0 Å². The average molecular weight is 332 g/mol. The van der Waals surface area contributed by atoms with Crippen molar-refractivity contribution < 1.29 is 18.4 Å². The maximum Gasteiger partial charge on any atom is 0.317 e. The first-order chi connectivity index (χ1) is 11.6. The fourth-order valence-electron chi connectivity index (χ4n) is 3.31. The molecule has 24 heavy (non-hydrogen) atoms. The van der Waals surface area contributed by atoms with Gasteiger partial charge >= 0.3 is 5.97 Å². The van der Waals surface area contributed by atoms with E-state index >= 15 is 0 Å². The number of carbonyl (C=O) groups is 1. The van der Waals surface area contributed by atoms with Gasteiger partial charge in [-0.25, -0.2) is 4.39 Å². The van der Waals surface area contributed by atoms with Crippen LogP contribution in [0.5, 0.6) is 0 Å². The van der Waals surface area contributed by atoms with E-state index in [0.717, 1.165) is 25.7 Å². The van der Waals surface area contributed by atoms with E-state index < -0.39 is 5.41 Å². The minimum Gasteiger partial charge on any atom is -0.455 e. The molecule has 0 amide bonds. The maximum absolute atomic E-state index is 13.6. The van der Waals surface area contributed by atoms with Gasteiger partial charge in [-0.1, -0.05) is 37.1 Å². The van der Waals surface area contributed by atoms with Crippen LogP contribution >= 0.6 is 0 Å². The van der Waals surface area contributed by atoms with Crippen molar-refractivity contribution in [2.45, 2.75) is 57.5 Å². The number of ether oxygens (including phenoxy) is 1. The van der Waals surface area contributed by atoms with Gasteiger partial charge in [-0.15, -0.1) is 0 Å². The minimum atomic E-state index is -0.769. The van der Waals surface area contributed by atoms with Crippen molar-refractivity contribution in [1.82, 2.24) is 10.1 Å². The zero-order valence-corrected chi connectivity index (χ0v) is 13.8. The molecule has 0 spiro atoms. The molecule has 1 heterocycles. The van der Waals surface area contributed by atoms with Gasteiger partial charge in [-0.2, -0.15) is 4.98 Å². The Kier molecular flexibility index (Phi) is 4.92. The fourth-order valence-corrected chi connectivity index (χ4v) is 3.31. The summed E-state index contributed by atoms with van der Waals surface area (Å²) in [6, 6.07) is 6.23. The van der Waals surface area contributed by atoms with Gasteiger partial charge in [0.15, 0.2) is 12.4 Å². The Bertz CT molecular complexity index is 708. The lowest BCUT2D eigenvalue weighted by atomic mass is 9.79. The highest BCUT2D eigenvalue weighted by Crippen LogP contribution is 2.42. The van der Waals surface area contributed by atoms with Crippen LogP contribution in [0, 0.1) is 5.82 Å². The van der Waals surface area contributed by atoms with Gasteiger partial charge in [0, 0.05) is 6.42 Å². The third-order valence-electron chi connectivity index (χ3n) is 4.54. The summed E-state index contributed by atoms with van der Waals surface area (Å²) in [6.45, 7) is 1.98. The molecule has 1 fully saturated rings. The molecule has 3 rings (SSSR count). The topological polar surface area (TPSA) is 65.2 Å². The minimum absolute atomic E-state index is 0.0490. The van der Waals surface area contributed by atoms with E-state index in [4.69, 9.17) is 9.26 Å². The quantitative estimate of drug-likeness (QED) is 0.754. The van der Waals surface area contributed by atoms with E-state index in [2.05, 4.69) is 10.1 Å². The molecular formula is C18H21FN2O3. The molecule has 1 aromatic heterocycles. The van der Waals surface area contributed by atoms with E-state index in [-0.39, 0.29) is 18.4 Å². The number of aromatic nitrogens is 2. The zero-order valence-electron chi connectivity index (χ0n) is 13.8. The molecule has 0 saturated heterocycles. The Morgan fingerprint density at radius 2 is 2.17 bits per heavy atom. The SMILES string of the molecule is CCCc1noc(COC(=O)C2(c3cccc(F)c3)CCCC2)n1. The number of halogens is 1. The summed E-state index contributed by atoms with van der Waals surface area (Å²) in [7, 11) is 0. The molecule has 0 bridgehead atoms. The second kappa shape index (κ2) is 7.11. The predicted octanol–water partition coefficient (Wildman–Crippen LogP) is 3.72. The number of hydrogen-bond donors (Lipinski definition) is 0. The first-order valence-electron chi connectivity index (χ1n) is 8.39. The Morgan fingerprint density at radius 1 is 1.38 bits per heavy atom. The van der Waals surface area contributed by atoms with Crippen molar-refractivity contribution in [3.63, 3.8) is 0 Å². The summed E-state index contributed by atoms with van der Waals surface area (Å²) in [5.41, 5.74) is -0.0869. The molecule has 1 aliphatic rings. The second-order valence-corrected chi connectivity index (χ2v) is 6.23. The van der Waals surface area contributed by atoms with Crippen molar-refractivity contribution in [3.8, 4) is 0 Å². The normalized spacial score (nSPS) is 16.2. The number of benzene rings is 1. The molecule has 0 aliphatic heterocycles. The van der Waals surface area contributed by atoms with E-state index in [0.29, 0.717) is 30.1 Å². The van der Waals surface area contributed by atoms with E-state index in [1.54, 1.807) is 12.1 Å². The van der Waals surface area contributed by atoms with Gasteiger partial charge in [-0.05, 0) is 37.0 Å². The molecular weight excluding hydrogens is 311 g/mol. The summed E-state index contributed by atoms with van der Waals surface area (Å²) >= 11 is 0. The predicted molar refractivity (Wildman–Crippen MR) is 84.6 cm³/mol. The lowest BCUT2D eigenvalue weighted by Gasteiger charge is -2.26. The van der Waals surface area contributed by atoms with Gasteiger partial charge in [0.1, 0.15) is 5.82 Å². The lowest BCUT2D eigenvalue weighted by molar-refractivity contribution is -0.152. The van der Waals surface area contributed by atoms with E-state index in [1.165, 1.54) is 12.1 Å². The highest BCUT2D eigenvalue weighted by atomic mass is 19.1. The van der Waals surface area contributed by atoms with E-state index in [1.807, 2.05) is 6.92 Å². The number of nitrogens with zero attached hydrogens (tertiary/aromatic N) is 2. The molecule has 0 radical (unpaired) electrons. The van der Waals surface area contributed by atoms with Crippen LogP contribution in [0.15, 0.2) is 28.8 Å². The zero-order chi connectivity index (χ0) is 17.0. The molecule has 1 aromatic carbocycles. The van der Waals surface area contributed by atoms with Crippen LogP contribution in [0.2, 0.25) is 0 Å². The molecule has 2 aromatic rings. The van der Waals surface area contributed by atoms with Crippen molar-refractivity contribution in [1.29, 1.82) is 0 Å². The molecule has 0 unspecified atom stereocenters. The monoisotopic (exact) mass is 332 g/mol. The number of carbonyl (C=O) groups excluding carboxylic acids is 1. The van der Waals surface area contributed by atoms with Crippen molar-refractivity contribution in [2.24, 2.45) is 0 Å². The van der Waals surface area contributed by atoms with Gasteiger partial charge < -0.3 is 9.26 Å². The Hall–Kier alpha value is -2.24. The number of aryl methyl sites for hydroxylation is 1. The second-order valence-electron chi connectivity index (χ2n) is 6.23. The largest absolute Gasteiger partial charge is 0.455 e. The number of rotatable bonds is 6. The van der Waals surface area contributed by atoms with Crippen LogP contribution in [-0.2, 0) is 28.0 Å². The molecule has 1 saturated carbocycles. The van der Waals surface area contributed by atoms with Crippen molar-refractivity contribution in [2.75, 3.05) is 0 Å². The third kappa shape index (κ3) is 3.32. The molecule has 128 valence electrons. The lowest BCUT2D eigenvalue weighted by Crippen LogP contribution is -2.34. The van der Waals surface area contributed by atoms with Crippen LogP contribution in [0.3, 0.4) is 0 Å². The maximum atomic E-state index is 13.6. The molecule has 0 atom stereocenters.